The van der Waals surface area contributed by atoms with Crippen LogP contribution >= 0.6 is 11.3 Å². The van der Waals surface area contributed by atoms with E-state index in [1.807, 2.05) is 17.5 Å². The van der Waals surface area contributed by atoms with Gasteiger partial charge in [0.25, 0.3) is 0 Å². The van der Waals surface area contributed by atoms with Gasteiger partial charge in [-0.05, 0) is 67.4 Å². The van der Waals surface area contributed by atoms with Crippen molar-refractivity contribution < 1.29 is 30.0 Å². The van der Waals surface area contributed by atoms with Crippen LogP contribution < -0.4 is 5.19 Å². The van der Waals surface area contributed by atoms with Crippen LogP contribution in [0.5, 0.6) is 0 Å². The molecule has 0 fully saturated rings. The molecule has 1 radical (unpaired) electrons. The summed E-state index contributed by atoms with van der Waals surface area (Å²) in [5, 5.41) is 17.0. The largest absolute Gasteiger partial charge is 0.512 e. The molecule has 0 unspecified atom stereocenters. The fourth-order valence-electron chi connectivity index (χ4n) is 8.30. The molecule has 5 aromatic rings. The Kier molecular flexibility index (Phi) is 15.1. The molecule has 0 spiro atoms. The number of pyridine rings is 1. The summed E-state index contributed by atoms with van der Waals surface area (Å²) in [5.74, 6) is 2.06. The van der Waals surface area contributed by atoms with Crippen molar-refractivity contribution in [1.82, 2.24) is 4.98 Å². The van der Waals surface area contributed by atoms with E-state index in [1.54, 1.807) is 5.19 Å². The Bertz CT molecular complexity index is 2080. The molecule has 0 atom stereocenters. The summed E-state index contributed by atoms with van der Waals surface area (Å²) in [6.45, 7) is 35.2. The quantitative estimate of drug-likeness (QED) is 0.0657. The zero-order valence-electron chi connectivity index (χ0n) is 35.2. The van der Waals surface area contributed by atoms with Gasteiger partial charge in [0.15, 0.2) is 5.78 Å². The molecule has 3 aromatic carbocycles. The number of ketones is 1. The van der Waals surface area contributed by atoms with Crippen LogP contribution in [0.15, 0.2) is 54.4 Å². The molecule has 0 bridgehead atoms. The minimum Gasteiger partial charge on any atom is -0.512 e. The Morgan fingerprint density at radius 2 is 1.30 bits per heavy atom. The van der Waals surface area contributed by atoms with Crippen LogP contribution in [-0.4, -0.2) is 23.9 Å². The Morgan fingerprint density at radius 3 is 1.83 bits per heavy atom. The standard InChI is InChI=1S/C30H32NSSi.C17H32O2.Ir/c1-17(2)25-16-22(15-21-13-18(3)19(4)14-26(21)25)28-30-24(11-12-31-28)23-9-10-27(33(6,7)8)20(5)29(23)32-30;1-10(2)16(11(3)4)14(18)9-15(19)17(12(5)6)13(7)8;/h9-14,16-17H,1-8H3;9-13,16-18H,1-8H3;/q-1;;/b;14-9-;. The van der Waals surface area contributed by atoms with E-state index in [9.17, 15) is 9.90 Å². The topological polar surface area (TPSA) is 50.2 Å². The maximum Gasteiger partial charge on any atom is 0.162 e. The van der Waals surface area contributed by atoms with Gasteiger partial charge in [0.1, 0.15) is 0 Å². The number of aliphatic hydroxyl groups excluding tert-OH is 1. The van der Waals surface area contributed by atoms with Gasteiger partial charge in [0.2, 0.25) is 0 Å². The molecule has 0 aliphatic heterocycles. The van der Waals surface area contributed by atoms with Crippen molar-refractivity contribution in [1.29, 1.82) is 0 Å². The van der Waals surface area contributed by atoms with Crippen molar-refractivity contribution in [2.45, 2.75) is 116 Å². The number of benzene rings is 3. The van der Waals surface area contributed by atoms with Gasteiger partial charge >= 0.3 is 0 Å². The average Bonchev–Trinajstić information content (AvgIpc) is 3.40. The molecule has 53 heavy (non-hydrogen) atoms. The van der Waals surface area contributed by atoms with E-state index in [2.05, 4.69) is 152 Å². The number of rotatable bonds is 10. The number of fused-ring (bicyclic) bond motifs is 4. The number of hydrogen-bond donors (Lipinski definition) is 1. The Morgan fingerprint density at radius 1 is 0.755 bits per heavy atom. The molecular weight excluding hydrogens is 863 g/mol. The van der Waals surface area contributed by atoms with Gasteiger partial charge in [-0.2, -0.15) is 0 Å². The van der Waals surface area contributed by atoms with Gasteiger partial charge in [-0.15, -0.1) is 40.5 Å². The molecule has 0 amide bonds. The zero-order chi connectivity index (χ0) is 39.0. The van der Waals surface area contributed by atoms with Crippen LogP contribution in [0, 0.1) is 62.3 Å². The van der Waals surface area contributed by atoms with Crippen molar-refractivity contribution in [3.05, 3.63) is 82.8 Å². The number of allylic oxidation sites excluding steroid dienone is 2. The fourth-order valence-corrected chi connectivity index (χ4v) is 11.5. The first-order chi connectivity index (χ1) is 24.1. The molecule has 2 heterocycles. The monoisotopic (exact) mass is 927 g/mol. The number of aliphatic hydroxyl groups is 1. The van der Waals surface area contributed by atoms with Gasteiger partial charge < -0.3 is 5.11 Å². The molecule has 0 saturated carbocycles. The number of hydrogen-bond acceptors (Lipinski definition) is 4. The van der Waals surface area contributed by atoms with Crippen LogP contribution in [0.2, 0.25) is 19.6 Å². The number of carbonyl (C=O) groups excluding carboxylic acids is 1. The van der Waals surface area contributed by atoms with Crippen LogP contribution in [0.4, 0.5) is 0 Å². The molecule has 0 aliphatic carbocycles. The summed E-state index contributed by atoms with van der Waals surface area (Å²) >= 11 is 1.90. The van der Waals surface area contributed by atoms with E-state index < -0.39 is 8.07 Å². The number of aryl methyl sites for hydroxylation is 3. The Hall–Kier alpha value is -2.63. The zero-order valence-corrected chi connectivity index (χ0v) is 39.4. The Balaban J connectivity index is 0.000000327. The molecule has 3 nitrogen and oxygen atoms in total. The number of carbonyl (C=O) groups is 1. The van der Waals surface area contributed by atoms with Crippen molar-refractivity contribution in [3.63, 3.8) is 0 Å². The van der Waals surface area contributed by atoms with E-state index in [1.165, 1.54) is 59.3 Å². The normalized spacial score (nSPS) is 12.7. The fraction of sp³-hybridized carbons (Fsp3) is 0.489. The third kappa shape index (κ3) is 9.79. The summed E-state index contributed by atoms with van der Waals surface area (Å²) in [4.78, 5) is 17.3. The van der Waals surface area contributed by atoms with E-state index in [0.717, 1.165) is 11.3 Å². The summed E-state index contributed by atoms with van der Waals surface area (Å²) in [6, 6.07) is 17.6. The van der Waals surface area contributed by atoms with Crippen LogP contribution in [0.1, 0.15) is 97.4 Å². The number of nitrogens with zero attached hydrogens (tertiary/aromatic N) is 1. The third-order valence-corrected chi connectivity index (χ3v) is 14.3. The van der Waals surface area contributed by atoms with E-state index in [0.29, 0.717) is 29.6 Å². The number of thiophene rings is 1. The van der Waals surface area contributed by atoms with Crippen LogP contribution in [-0.2, 0) is 24.9 Å². The smallest absolute Gasteiger partial charge is 0.162 e. The van der Waals surface area contributed by atoms with E-state index in [-0.39, 0.29) is 43.5 Å². The first-order valence-corrected chi connectivity index (χ1v) is 23.7. The molecule has 1 N–H and O–H groups in total. The SMILES string of the molecule is CC(C)C(C(=O)/C=C(\O)C(C(C)C)C(C)C)C(C)C.Cc1cc2[c-]c(-c3nccc4c3sc3c(C)c([Si](C)(C)C)ccc34)cc(C(C)C)c2cc1C.[Ir]. The van der Waals surface area contributed by atoms with E-state index >= 15 is 0 Å². The number of aromatic nitrogens is 1. The van der Waals surface area contributed by atoms with Crippen LogP contribution in [0.25, 0.3) is 42.2 Å². The maximum absolute atomic E-state index is 12.3. The second-order valence-electron chi connectivity index (χ2n) is 17.8. The van der Waals surface area contributed by atoms with Gasteiger partial charge in [-0.1, -0.05) is 134 Å². The maximum atomic E-state index is 12.3. The average molecular weight is 927 g/mol. The summed E-state index contributed by atoms with van der Waals surface area (Å²) in [5.41, 5.74) is 7.64. The Labute approximate surface area is 339 Å². The first kappa shape index (κ1) is 44.8. The third-order valence-electron chi connectivity index (χ3n) is 10.8. The molecular formula is C47H64IrNO2SSi-. The molecule has 0 saturated heterocycles. The molecule has 0 aliphatic rings. The molecule has 6 heteroatoms. The predicted molar refractivity (Wildman–Crippen MR) is 232 cm³/mol. The van der Waals surface area contributed by atoms with Crippen molar-refractivity contribution >= 4 is 61.3 Å². The predicted octanol–water partition coefficient (Wildman–Crippen LogP) is 13.5. The van der Waals surface area contributed by atoms with Crippen LogP contribution in [0.3, 0.4) is 0 Å². The second-order valence-corrected chi connectivity index (χ2v) is 23.8. The van der Waals surface area contributed by atoms with Gasteiger partial charge in [0, 0.05) is 64.7 Å². The van der Waals surface area contributed by atoms with Gasteiger partial charge in [-0.3, -0.25) is 9.78 Å². The minimum absolute atomic E-state index is 0. The molecule has 5 rings (SSSR count). The van der Waals surface area contributed by atoms with Gasteiger partial charge in [-0.25, -0.2) is 0 Å². The van der Waals surface area contributed by atoms with Gasteiger partial charge in [0.05, 0.1) is 13.8 Å². The first-order valence-electron chi connectivity index (χ1n) is 19.4. The van der Waals surface area contributed by atoms with E-state index in [4.69, 9.17) is 4.98 Å². The van der Waals surface area contributed by atoms with Crippen molar-refractivity contribution in [3.8, 4) is 11.3 Å². The second kappa shape index (κ2) is 17.9. The van der Waals surface area contributed by atoms with Crippen molar-refractivity contribution in [2.24, 2.45) is 35.5 Å². The molecule has 289 valence electrons. The van der Waals surface area contributed by atoms with Crippen molar-refractivity contribution in [2.75, 3.05) is 0 Å². The summed E-state index contributed by atoms with van der Waals surface area (Å²) in [7, 11) is -1.40. The molecule has 2 aromatic heterocycles. The summed E-state index contributed by atoms with van der Waals surface area (Å²) in [6.07, 6.45) is 3.45. The minimum atomic E-state index is -1.40. The summed E-state index contributed by atoms with van der Waals surface area (Å²) < 4.78 is 2.69.